The summed E-state index contributed by atoms with van der Waals surface area (Å²) in [7, 11) is 0. The van der Waals surface area contributed by atoms with Crippen LogP contribution < -0.4 is 10.6 Å². The van der Waals surface area contributed by atoms with E-state index in [-0.39, 0.29) is 17.9 Å². The van der Waals surface area contributed by atoms with E-state index in [4.69, 9.17) is 0 Å². The van der Waals surface area contributed by atoms with E-state index >= 15 is 0 Å². The fourth-order valence-electron chi connectivity index (χ4n) is 3.38. The molecule has 6 nitrogen and oxygen atoms in total. The number of aryl methyl sites for hydroxylation is 1. The van der Waals surface area contributed by atoms with Crippen molar-refractivity contribution >= 4 is 17.5 Å². The SMILES string of the molecule is CC(=O)Nc1cccc(C(C)NC(=O)c2c(C)nn(Cc3ccccc3)c2C)c1. The van der Waals surface area contributed by atoms with Crippen LogP contribution in [0.25, 0.3) is 0 Å². The van der Waals surface area contributed by atoms with Gasteiger partial charge in [-0.15, -0.1) is 0 Å². The average molecular weight is 390 g/mol. The summed E-state index contributed by atoms with van der Waals surface area (Å²) in [6, 6.07) is 17.3. The Balaban J connectivity index is 1.76. The number of carbonyl (C=O) groups is 2. The third kappa shape index (κ3) is 4.90. The van der Waals surface area contributed by atoms with E-state index < -0.39 is 0 Å². The largest absolute Gasteiger partial charge is 0.345 e. The van der Waals surface area contributed by atoms with E-state index in [1.165, 1.54) is 6.92 Å². The van der Waals surface area contributed by atoms with Crippen LogP contribution in [0.1, 0.15) is 52.8 Å². The topological polar surface area (TPSA) is 76.0 Å². The van der Waals surface area contributed by atoms with Crippen LogP contribution in [-0.2, 0) is 11.3 Å². The fraction of sp³-hybridized carbons (Fsp3) is 0.261. The molecular formula is C23H26N4O2. The van der Waals surface area contributed by atoms with E-state index in [9.17, 15) is 9.59 Å². The molecule has 1 unspecified atom stereocenters. The highest BCUT2D eigenvalue weighted by atomic mass is 16.2. The van der Waals surface area contributed by atoms with E-state index in [0.29, 0.717) is 23.5 Å². The van der Waals surface area contributed by atoms with Crippen molar-refractivity contribution in [3.63, 3.8) is 0 Å². The lowest BCUT2D eigenvalue weighted by atomic mass is 10.1. The van der Waals surface area contributed by atoms with Crippen molar-refractivity contribution in [1.82, 2.24) is 15.1 Å². The van der Waals surface area contributed by atoms with E-state index in [0.717, 1.165) is 16.8 Å². The molecular weight excluding hydrogens is 364 g/mol. The van der Waals surface area contributed by atoms with Gasteiger partial charge in [-0.05, 0) is 44.0 Å². The molecule has 0 radical (unpaired) electrons. The van der Waals surface area contributed by atoms with Gasteiger partial charge in [-0.2, -0.15) is 5.10 Å². The smallest absolute Gasteiger partial charge is 0.255 e. The fourth-order valence-corrected chi connectivity index (χ4v) is 3.38. The van der Waals surface area contributed by atoms with Crippen molar-refractivity contribution < 1.29 is 9.59 Å². The Morgan fingerprint density at radius 3 is 2.48 bits per heavy atom. The lowest BCUT2D eigenvalue weighted by Crippen LogP contribution is -2.27. The Kier molecular flexibility index (Phi) is 6.12. The summed E-state index contributed by atoms with van der Waals surface area (Å²) in [5, 5.41) is 10.4. The number of anilines is 1. The summed E-state index contributed by atoms with van der Waals surface area (Å²) in [5.74, 6) is -0.285. The summed E-state index contributed by atoms with van der Waals surface area (Å²) < 4.78 is 1.86. The highest BCUT2D eigenvalue weighted by Crippen LogP contribution is 2.20. The minimum absolute atomic E-state index is 0.129. The number of rotatable bonds is 6. The van der Waals surface area contributed by atoms with Crippen molar-refractivity contribution in [2.75, 3.05) is 5.32 Å². The molecule has 2 N–H and O–H groups in total. The number of carbonyl (C=O) groups excluding carboxylic acids is 2. The van der Waals surface area contributed by atoms with Gasteiger partial charge in [0.05, 0.1) is 23.8 Å². The van der Waals surface area contributed by atoms with Crippen LogP contribution in [-0.4, -0.2) is 21.6 Å². The number of nitrogens with zero attached hydrogens (tertiary/aromatic N) is 2. The van der Waals surface area contributed by atoms with E-state index in [1.54, 1.807) is 0 Å². The van der Waals surface area contributed by atoms with Crippen LogP contribution in [0.4, 0.5) is 5.69 Å². The summed E-state index contributed by atoms with van der Waals surface area (Å²) in [6.07, 6.45) is 0. The number of hydrogen-bond acceptors (Lipinski definition) is 3. The molecule has 150 valence electrons. The zero-order valence-electron chi connectivity index (χ0n) is 17.2. The molecule has 3 rings (SSSR count). The molecule has 0 bridgehead atoms. The van der Waals surface area contributed by atoms with Gasteiger partial charge in [-0.1, -0.05) is 42.5 Å². The molecule has 29 heavy (non-hydrogen) atoms. The normalized spacial score (nSPS) is 11.7. The highest BCUT2D eigenvalue weighted by Gasteiger charge is 2.20. The van der Waals surface area contributed by atoms with Crippen molar-refractivity contribution in [1.29, 1.82) is 0 Å². The monoisotopic (exact) mass is 390 g/mol. The minimum Gasteiger partial charge on any atom is -0.345 e. The standard InChI is InChI=1S/C23H26N4O2/c1-15(20-11-8-12-21(13-20)25-18(4)28)24-23(29)22-16(2)26-27(17(22)3)14-19-9-6-5-7-10-19/h5-13,15H,14H2,1-4H3,(H,24,29)(H,25,28). The molecule has 0 fully saturated rings. The molecule has 1 atom stereocenters. The molecule has 0 saturated heterocycles. The van der Waals surface area contributed by atoms with Crippen LogP contribution in [0.3, 0.4) is 0 Å². The molecule has 0 spiro atoms. The Hall–Kier alpha value is -3.41. The van der Waals surface area contributed by atoms with Gasteiger partial charge < -0.3 is 10.6 Å². The van der Waals surface area contributed by atoms with Gasteiger partial charge in [-0.3, -0.25) is 14.3 Å². The molecule has 0 saturated carbocycles. The predicted octanol–water partition coefficient (Wildman–Crippen LogP) is 4.00. The summed E-state index contributed by atoms with van der Waals surface area (Å²) in [4.78, 5) is 24.2. The van der Waals surface area contributed by atoms with Gasteiger partial charge in [0.15, 0.2) is 0 Å². The quantitative estimate of drug-likeness (QED) is 0.668. The maximum atomic E-state index is 13.0. The van der Waals surface area contributed by atoms with Gasteiger partial charge in [0.1, 0.15) is 0 Å². The van der Waals surface area contributed by atoms with Gasteiger partial charge in [0.2, 0.25) is 5.91 Å². The van der Waals surface area contributed by atoms with Crippen LogP contribution in [0.2, 0.25) is 0 Å². The first kappa shape index (κ1) is 20.3. The van der Waals surface area contributed by atoms with Crippen LogP contribution in [0.5, 0.6) is 0 Å². The van der Waals surface area contributed by atoms with Crippen molar-refractivity contribution in [2.24, 2.45) is 0 Å². The van der Waals surface area contributed by atoms with Crippen LogP contribution in [0, 0.1) is 13.8 Å². The zero-order valence-corrected chi connectivity index (χ0v) is 17.2. The molecule has 0 aliphatic rings. The zero-order chi connectivity index (χ0) is 21.0. The Morgan fingerprint density at radius 1 is 1.07 bits per heavy atom. The van der Waals surface area contributed by atoms with Crippen LogP contribution in [0.15, 0.2) is 54.6 Å². The number of amides is 2. The lowest BCUT2D eigenvalue weighted by Gasteiger charge is -2.16. The van der Waals surface area contributed by atoms with E-state index in [1.807, 2.05) is 80.1 Å². The molecule has 1 aromatic heterocycles. The summed E-state index contributed by atoms with van der Waals surface area (Å²) in [5.41, 5.74) is 4.90. The number of benzene rings is 2. The van der Waals surface area contributed by atoms with Gasteiger partial charge in [0, 0.05) is 18.3 Å². The third-order valence-electron chi connectivity index (χ3n) is 4.84. The predicted molar refractivity (Wildman–Crippen MR) is 114 cm³/mol. The van der Waals surface area contributed by atoms with Crippen molar-refractivity contribution in [3.05, 3.63) is 82.7 Å². The summed E-state index contributed by atoms with van der Waals surface area (Å²) in [6.45, 7) is 7.78. The first-order valence-electron chi connectivity index (χ1n) is 9.61. The number of aromatic nitrogens is 2. The summed E-state index contributed by atoms with van der Waals surface area (Å²) >= 11 is 0. The molecule has 6 heteroatoms. The maximum absolute atomic E-state index is 13.0. The van der Waals surface area contributed by atoms with E-state index in [2.05, 4.69) is 15.7 Å². The van der Waals surface area contributed by atoms with Gasteiger partial charge in [-0.25, -0.2) is 0 Å². The lowest BCUT2D eigenvalue weighted by molar-refractivity contribution is -0.114. The number of hydrogen-bond donors (Lipinski definition) is 2. The molecule has 0 aliphatic heterocycles. The third-order valence-corrected chi connectivity index (χ3v) is 4.84. The Bertz CT molecular complexity index is 1020. The molecule has 2 amide bonds. The highest BCUT2D eigenvalue weighted by molar-refractivity contribution is 5.96. The van der Waals surface area contributed by atoms with Crippen LogP contribution >= 0.6 is 0 Å². The second kappa shape index (κ2) is 8.73. The second-order valence-electron chi connectivity index (χ2n) is 7.19. The maximum Gasteiger partial charge on any atom is 0.255 e. The minimum atomic E-state index is -0.215. The number of nitrogens with one attached hydrogen (secondary N) is 2. The van der Waals surface area contributed by atoms with Gasteiger partial charge in [0.25, 0.3) is 5.91 Å². The second-order valence-corrected chi connectivity index (χ2v) is 7.19. The molecule has 0 aliphatic carbocycles. The average Bonchev–Trinajstić information content (AvgIpc) is 2.95. The Labute approximate surface area is 170 Å². The molecule has 3 aromatic rings. The van der Waals surface area contributed by atoms with Crippen molar-refractivity contribution in [2.45, 2.75) is 40.3 Å². The Morgan fingerprint density at radius 2 is 1.79 bits per heavy atom. The molecule has 1 heterocycles. The first-order chi connectivity index (χ1) is 13.8. The van der Waals surface area contributed by atoms with Gasteiger partial charge >= 0.3 is 0 Å². The first-order valence-corrected chi connectivity index (χ1v) is 9.61. The molecule has 2 aromatic carbocycles. The van der Waals surface area contributed by atoms with Crippen molar-refractivity contribution in [3.8, 4) is 0 Å².